The lowest BCUT2D eigenvalue weighted by atomic mass is 9.93. The molecule has 0 saturated carbocycles. The van der Waals surface area contributed by atoms with Gasteiger partial charge in [-0.1, -0.05) is 170 Å². The maximum Gasteiger partial charge on any atom is 0.0540 e. The van der Waals surface area contributed by atoms with Crippen molar-refractivity contribution in [3.8, 4) is 33.4 Å². The van der Waals surface area contributed by atoms with Crippen LogP contribution in [0, 0.1) is 0 Å². The first-order valence-electron chi connectivity index (χ1n) is 18.3. The molecule has 0 aromatic heterocycles. The first-order valence-corrected chi connectivity index (χ1v) is 18.3. The van der Waals surface area contributed by atoms with Crippen molar-refractivity contribution < 1.29 is 0 Å². The van der Waals surface area contributed by atoms with Gasteiger partial charge in [-0.15, -0.1) is 0 Å². The SMILES string of the molecule is c1ccc(-c2cccc(N(c3ccc(-c4cc5ccccc5c5ccccc45)cc3)c3ccccc3-c3ccc4ccc5ccccc5c4c3)c2)cc1. The Morgan fingerprint density at radius 1 is 0.245 bits per heavy atom. The molecule has 0 fully saturated rings. The van der Waals surface area contributed by atoms with Crippen LogP contribution in [0.4, 0.5) is 17.1 Å². The van der Waals surface area contributed by atoms with Crippen LogP contribution in [0.1, 0.15) is 0 Å². The molecular formula is C52H35N. The molecule has 10 aromatic rings. The van der Waals surface area contributed by atoms with Gasteiger partial charge in [0.25, 0.3) is 0 Å². The van der Waals surface area contributed by atoms with E-state index in [-0.39, 0.29) is 0 Å². The topological polar surface area (TPSA) is 3.24 Å². The molecule has 0 atom stereocenters. The van der Waals surface area contributed by atoms with E-state index in [1.54, 1.807) is 0 Å². The van der Waals surface area contributed by atoms with E-state index >= 15 is 0 Å². The van der Waals surface area contributed by atoms with Crippen molar-refractivity contribution >= 4 is 60.2 Å². The molecule has 1 heteroatoms. The van der Waals surface area contributed by atoms with Crippen molar-refractivity contribution in [1.29, 1.82) is 0 Å². The lowest BCUT2D eigenvalue weighted by molar-refractivity contribution is 1.28. The fourth-order valence-corrected chi connectivity index (χ4v) is 8.05. The molecule has 0 amide bonds. The summed E-state index contributed by atoms with van der Waals surface area (Å²) in [4.78, 5) is 2.41. The van der Waals surface area contributed by atoms with Gasteiger partial charge in [-0.25, -0.2) is 0 Å². The molecule has 0 radical (unpaired) electrons. The Morgan fingerprint density at radius 2 is 0.830 bits per heavy atom. The Kier molecular flexibility index (Phi) is 7.55. The first-order chi connectivity index (χ1) is 26.3. The summed E-state index contributed by atoms with van der Waals surface area (Å²) in [6.07, 6.45) is 0. The molecule has 0 N–H and O–H groups in total. The van der Waals surface area contributed by atoms with Crippen molar-refractivity contribution in [1.82, 2.24) is 0 Å². The molecule has 0 spiro atoms. The molecule has 0 bridgehead atoms. The quantitative estimate of drug-likeness (QED) is 0.159. The van der Waals surface area contributed by atoms with Crippen molar-refractivity contribution in [3.63, 3.8) is 0 Å². The Labute approximate surface area is 309 Å². The van der Waals surface area contributed by atoms with Crippen LogP contribution in [0.15, 0.2) is 212 Å². The van der Waals surface area contributed by atoms with Gasteiger partial charge in [-0.2, -0.15) is 0 Å². The predicted octanol–water partition coefficient (Wildman–Crippen LogP) is 14.8. The van der Waals surface area contributed by atoms with Crippen LogP contribution in [-0.4, -0.2) is 0 Å². The highest BCUT2D eigenvalue weighted by Crippen LogP contribution is 2.44. The van der Waals surface area contributed by atoms with E-state index in [1.807, 2.05) is 0 Å². The third-order valence-corrected chi connectivity index (χ3v) is 10.6. The minimum atomic E-state index is 1.10. The average molecular weight is 674 g/mol. The highest BCUT2D eigenvalue weighted by molar-refractivity contribution is 6.14. The van der Waals surface area contributed by atoms with Crippen LogP contribution in [0.3, 0.4) is 0 Å². The number of nitrogens with zero attached hydrogens (tertiary/aromatic N) is 1. The monoisotopic (exact) mass is 673 g/mol. The van der Waals surface area contributed by atoms with Crippen LogP contribution in [-0.2, 0) is 0 Å². The van der Waals surface area contributed by atoms with Gasteiger partial charge in [-0.3, -0.25) is 0 Å². The zero-order valence-corrected chi connectivity index (χ0v) is 29.2. The van der Waals surface area contributed by atoms with Crippen molar-refractivity contribution in [2.24, 2.45) is 0 Å². The molecule has 248 valence electrons. The zero-order chi connectivity index (χ0) is 35.1. The van der Waals surface area contributed by atoms with Crippen molar-refractivity contribution in [2.75, 3.05) is 4.90 Å². The average Bonchev–Trinajstić information content (AvgIpc) is 3.24. The van der Waals surface area contributed by atoms with Crippen LogP contribution in [0.5, 0.6) is 0 Å². The Morgan fingerprint density at radius 3 is 1.64 bits per heavy atom. The summed E-state index contributed by atoms with van der Waals surface area (Å²) in [7, 11) is 0. The molecule has 0 aliphatic carbocycles. The second-order valence-corrected chi connectivity index (χ2v) is 13.7. The molecule has 1 nitrogen and oxygen atoms in total. The maximum atomic E-state index is 2.41. The highest BCUT2D eigenvalue weighted by Gasteiger charge is 2.19. The number of rotatable bonds is 6. The first kappa shape index (κ1) is 30.8. The largest absolute Gasteiger partial charge is 0.310 e. The van der Waals surface area contributed by atoms with Gasteiger partial charge in [0, 0.05) is 16.9 Å². The third-order valence-electron chi connectivity index (χ3n) is 10.6. The summed E-state index contributed by atoms with van der Waals surface area (Å²) >= 11 is 0. The minimum Gasteiger partial charge on any atom is -0.310 e. The third kappa shape index (κ3) is 5.51. The van der Waals surface area contributed by atoms with Gasteiger partial charge in [0.05, 0.1) is 5.69 Å². The van der Waals surface area contributed by atoms with Gasteiger partial charge >= 0.3 is 0 Å². The molecule has 0 aliphatic rings. The van der Waals surface area contributed by atoms with Gasteiger partial charge in [0.1, 0.15) is 0 Å². The molecule has 0 saturated heterocycles. The summed E-state index contributed by atoms with van der Waals surface area (Å²) in [5, 5.41) is 10.1. The fraction of sp³-hybridized carbons (Fsp3) is 0. The van der Waals surface area contributed by atoms with Crippen LogP contribution >= 0.6 is 0 Å². The smallest absolute Gasteiger partial charge is 0.0540 e. The number of benzene rings is 10. The fourth-order valence-electron chi connectivity index (χ4n) is 8.05. The number of para-hydroxylation sites is 1. The normalized spacial score (nSPS) is 11.4. The molecule has 10 aromatic carbocycles. The van der Waals surface area contributed by atoms with E-state index in [0.29, 0.717) is 0 Å². The molecule has 0 aliphatic heterocycles. The summed E-state index contributed by atoms with van der Waals surface area (Å²) in [6, 6.07) is 77.3. The van der Waals surface area contributed by atoms with Crippen molar-refractivity contribution in [2.45, 2.75) is 0 Å². The Bertz CT molecular complexity index is 2940. The van der Waals surface area contributed by atoms with E-state index in [0.717, 1.165) is 17.1 Å². The van der Waals surface area contributed by atoms with Crippen LogP contribution in [0.25, 0.3) is 76.5 Å². The summed E-state index contributed by atoms with van der Waals surface area (Å²) < 4.78 is 0. The summed E-state index contributed by atoms with van der Waals surface area (Å²) in [5.74, 6) is 0. The Balaban J connectivity index is 1.15. The Hall–Kier alpha value is -6.96. The number of hydrogen-bond donors (Lipinski definition) is 0. The number of hydrogen-bond acceptors (Lipinski definition) is 1. The van der Waals surface area contributed by atoms with Gasteiger partial charge in [-0.05, 0) is 113 Å². The van der Waals surface area contributed by atoms with E-state index in [1.165, 1.54) is 76.5 Å². The van der Waals surface area contributed by atoms with Gasteiger partial charge < -0.3 is 4.90 Å². The zero-order valence-electron chi connectivity index (χ0n) is 29.2. The molecule has 10 rings (SSSR count). The van der Waals surface area contributed by atoms with Crippen molar-refractivity contribution in [3.05, 3.63) is 212 Å². The molecule has 0 unspecified atom stereocenters. The van der Waals surface area contributed by atoms with E-state index in [9.17, 15) is 0 Å². The molecule has 0 heterocycles. The molecule has 53 heavy (non-hydrogen) atoms. The molecular weight excluding hydrogens is 639 g/mol. The van der Waals surface area contributed by atoms with Crippen LogP contribution in [0.2, 0.25) is 0 Å². The lowest BCUT2D eigenvalue weighted by Gasteiger charge is -2.28. The second-order valence-electron chi connectivity index (χ2n) is 13.7. The number of fused-ring (bicyclic) bond motifs is 6. The van der Waals surface area contributed by atoms with Gasteiger partial charge in [0.2, 0.25) is 0 Å². The van der Waals surface area contributed by atoms with E-state index in [2.05, 4.69) is 217 Å². The summed E-state index contributed by atoms with van der Waals surface area (Å²) in [6.45, 7) is 0. The van der Waals surface area contributed by atoms with Gasteiger partial charge in [0.15, 0.2) is 0 Å². The standard InChI is InChI=1S/C52H35N/c1-2-13-36(14-3-1)40-17-12-18-44(33-40)53(43-31-29-39(30-32-43)51-34-41-16-5-7-20-46(41)48-22-8-9-23-49(48)51)52-24-11-10-21-47(52)42-28-27-38-26-25-37-15-4-6-19-45(37)50(38)35-42/h1-35H. The maximum absolute atomic E-state index is 2.41. The summed E-state index contributed by atoms with van der Waals surface area (Å²) in [5.41, 5.74) is 10.5. The lowest BCUT2D eigenvalue weighted by Crippen LogP contribution is -2.11. The van der Waals surface area contributed by atoms with E-state index < -0.39 is 0 Å². The van der Waals surface area contributed by atoms with E-state index in [4.69, 9.17) is 0 Å². The minimum absolute atomic E-state index is 1.10. The predicted molar refractivity (Wildman–Crippen MR) is 227 cm³/mol. The van der Waals surface area contributed by atoms with Crippen LogP contribution < -0.4 is 4.90 Å². The highest BCUT2D eigenvalue weighted by atomic mass is 15.1. The number of anilines is 3. The second kappa shape index (κ2) is 13.0.